The van der Waals surface area contributed by atoms with Crippen molar-refractivity contribution in [3.05, 3.63) is 41.6 Å². The number of hydrogen-bond donors (Lipinski definition) is 11. The second-order valence-corrected chi connectivity index (χ2v) is 11.3. The molecule has 1 aliphatic rings. The quantitative estimate of drug-likeness (QED) is 0.0622. The molecule has 46 heavy (non-hydrogen) atoms. The summed E-state index contributed by atoms with van der Waals surface area (Å²) in [6.45, 7) is 4.68. The van der Waals surface area contributed by atoms with Crippen molar-refractivity contribution >= 4 is 46.5 Å². The number of carboxylic acid groups (broad SMARTS) is 1. The van der Waals surface area contributed by atoms with Gasteiger partial charge in [-0.1, -0.05) is 11.6 Å². The number of carbonyl (C=O) groups excluding carboxylic acids is 4. The van der Waals surface area contributed by atoms with Crippen molar-refractivity contribution in [2.45, 2.75) is 69.9 Å². The summed E-state index contributed by atoms with van der Waals surface area (Å²) < 4.78 is 0. The Bertz CT molecular complexity index is 1520. The molecule has 1 aliphatic heterocycles. The van der Waals surface area contributed by atoms with E-state index < -0.39 is 72.3 Å². The fourth-order valence-electron chi connectivity index (χ4n) is 4.72. The molecule has 0 radical (unpaired) electrons. The van der Waals surface area contributed by atoms with Gasteiger partial charge in [-0.3, -0.25) is 29.4 Å². The van der Waals surface area contributed by atoms with Gasteiger partial charge >= 0.3 is 5.97 Å². The molecule has 2 heterocycles. The number of nitrogens with two attached hydrogens (primary N) is 2. The number of fused-ring (bicyclic) bond motifs is 1. The number of rotatable bonds is 14. The Morgan fingerprint density at radius 2 is 1.61 bits per heavy atom. The van der Waals surface area contributed by atoms with Gasteiger partial charge in [-0.2, -0.15) is 0 Å². The van der Waals surface area contributed by atoms with E-state index in [1.165, 1.54) is 32.9 Å². The van der Waals surface area contributed by atoms with Crippen LogP contribution in [0.2, 0.25) is 0 Å². The maximum atomic E-state index is 13.2. The first-order valence-corrected chi connectivity index (χ1v) is 14.5. The number of aromatic nitrogens is 1. The van der Waals surface area contributed by atoms with Crippen LogP contribution in [-0.4, -0.2) is 104 Å². The number of H-pyrrole nitrogens is 1. The first-order chi connectivity index (χ1) is 21.5. The molecule has 4 amide bonds. The second-order valence-electron chi connectivity index (χ2n) is 11.3. The average molecular weight is 644 g/mol. The van der Waals surface area contributed by atoms with Gasteiger partial charge in [0, 0.05) is 30.4 Å². The molecule has 0 bridgehead atoms. The lowest BCUT2D eigenvalue weighted by Gasteiger charge is -2.25. The topological polar surface area (TPSA) is 289 Å². The maximum absolute atomic E-state index is 13.2. The Morgan fingerprint density at radius 1 is 0.978 bits per heavy atom. The fraction of sp³-hybridized carbons (Fsp3) is 0.448. The van der Waals surface area contributed by atoms with Crippen LogP contribution >= 0.6 is 0 Å². The minimum atomic E-state index is -1.32. The zero-order chi connectivity index (χ0) is 34.3. The van der Waals surface area contributed by atoms with Crippen molar-refractivity contribution in [1.82, 2.24) is 31.2 Å². The van der Waals surface area contributed by atoms with E-state index in [0.717, 1.165) is 0 Å². The van der Waals surface area contributed by atoms with E-state index in [1.807, 2.05) is 0 Å². The predicted octanol–water partition coefficient (Wildman–Crippen LogP) is -1.77. The summed E-state index contributed by atoms with van der Waals surface area (Å²) in [6.07, 6.45) is 0.110. The van der Waals surface area contributed by atoms with Gasteiger partial charge in [0.05, 0.1) is 18.6 Å². The molecule has 17 heteroatoms. The zero-order valence-corrected chi connectivity index (χ0v) is 25.7. The van der Waals surface area contributed by atoms with Crippen molar-refractivity contribution in [2.75, 3.05) is 13.1 Å². The van der Waals surface area contributed by atoms with Crippen LogP contribution in [0.3, 0.4) is 0 Å². The average Bonchev–Trinajstić information content (AvgIpc) is 3.62. The minimum Gasteiger partial charge on any atom is -0.508 e. The zero-order valence-electron chi connectivity index (χ0n) is 25.7. The van der Waals surface area contributed by atoms with Crippen LogP contribution in [0.1, 0.15) is 45.3 Å². The first-order valence-electron chi connectivity index (χ1n) is 14.5. The molecule has 0 saturated carbocycles. The van der Waals surface area contributed by atoms with Gasteiger partial charge in [-0.25, -0.2) is 0 Å². The number of amides is 4. The summed E-state index contributed by atoms with van der Waals surface area (Å²) in [5.74, 6) is -4.29. The van der Waals surface area contributed by atoms with Crippen LogP contribution in [0.15, 0.2) is 35.9 Å². The number of aliphatic hydroxyl groups excluding tert-OH is 1. The van der Waals surface area contributed by atoms with Crippen LogP contribution in [0.5, 0.6) is 5.75 Å². The first kappa shape index (κ1) is 35.3. The lowest BCUT2D eigenvalue weighted by atomic mass is 10.0. The number of benzene rings is 1. The normalized spacial score (nSPS) is 16.7. The number of guanidine groups is 1. The number of hydrogen-bond acceptors (Lipinski definition) is 9. The molecule has 250 valence electrons. The summed E-state index contributed by atoms with van der Waals surface area (Å²) in [4.78, 5) is 67.8. The molecule has 0 spiro atoms. The summed E-state index contributed by atoms with van der Waals surface area (Å²) in [5.41, 5.74) is 12.9. The van der Waals surface area contributed by atoms with Gasteiger partial charge in [0.25, 0.3) is 0 Å². The van der Waals surface area contributed by atoms with Crippen LogP contribution in [0.4, 0.5) is 0 Å². The molecule has 1 aromatic carbocycles. The van der Waals surface area contributed by atoms with E-state index in [-0.39, 0.29) is 24.7 Å². The minimum absolute atomic E-state index is 0.00421. The summed E-state index contributed by atoms with van der Waals surface area (Å²) in [6, 6.07) is 0.392. The molecular formula is C29H41N9O8. The molecule has 2 aromatic rings. The van der Waals surface area contributed by atoms with E-state index in [4.69, 9.17) is 16.9 Å². The van der Waals surface area contributed by atoms with Gasteiger partial charge in [0.15, 0.2) is 5.96 Å². The molecule has 13 N–H and O–H groups in total. The SMILES string of the molecule is CC(NC(=O)C(C)NC(=O)C(CC1=CCN(C(=N)N)C1)NC(=O)C(N)C(C)O)C(=O)NC(CC(=O)O)c1cc2ccc(O)cc2[nH]1. The Hall–Kier alpha value is -5.16. The lowest BCUT2D eigenvalue weighted by molar-refractivity contribution is -0.138. The van der Waals surface area contributed by atoms with E-state index in [0.29, 0.717) is 28.7 Å². The van der Waals surface area contributed by atoms with Crippen molar-refractivity contribution < 1.29 is 39.3 Å². The van der Waals surface area contributed by atoms with Gasteiger partial charge in [-0.05, 0) is 50.8 Å². The summed E-state index contributed by atoms with van der Waals surface area (Å²) in [5, 5.41) is 47.2. The monoisotopic (exact) mass is 643 g/mol. The number of phenols is 1. The van der Waals surface area contributed by atoms with Crippen LogP contribution in [0, 0.1) is 5.41 Å². The van der Waals surface area contributed by atoms with Gasteiger partial charge in [0.2, 0.25) is 23.6 Å². The number of carboxylic acids is 1. The van der Waals surface area contributed by atoms with Crippen molar-refractivity contribution in [3.63, 3.8) is 0 Å². The molecule has 0 aliphatic carbocycles. The number of aromatic amines is 1. The van der Waals surface area contributed by atoms with Crippen molar-refractivity contribution in [3.8, 4) is 5.75 Å². The van der Waals surface area contributed by atoms with Gasteiger partial charge in [-0.15, -0.1) is 0 Å². The highest BCUT2D eigenvalue weighted by molar-refractivity contribution is 5.95. The summed E-state index contributed by atoms with van der Waals surface area (Å²) in [7, 11) is 0. The number of nitrogens with zero attached hydrogens (tertiary/aromatic N) is 1. The smallest absolute Gasteiger partial charge is 0.305 e. The number of aliphatic hydroxyl groups is 1. The van der Waals surface area contributed by atoms with E-state index in [1.54, 1.807) is 23.1 Å². The van der Waals surface area contributed by atoms with E-state index in [2.05, 4.69) is 26.3 Å². The Balaban J connectivity index is 1.64. The molecule has 3 rings (SSSR count). The summed E-state index contributed by atoms with van der Waals surface area (Å²) >= 11 is 0. The van der Waals surface area contributed by atoms with E-state index >= 15 is 0 Å². The Morgan fingerprint density at radius 3 is 2.20 bits per heavy atom. The highest BCUT2D eigenvalue weighted by Gasteiger charge is 2.31. The second kappa shape index (κ2) is 15.2. The fourth-order valence-corrected chi connectivity index (χ4v) is 4.72. The lowest BCUT2D eigenvalue weighted by Crippen LogP contribution is -2.57. The van der Waals surface area contributed by atoms with Crippen molar-refractivity contribution in [2.24, 2.45) is 11.5 Å². The number of nitrogens with one attached hydrogen (secondary N) is 6. The Kier molecular flexibility index (Phi) is 11.7. The molecule has 6 unspecified atom stereocenters. The standard InChI is InChI=1S/C29H41N9O8/c1-13(34-27(45)22(37-28(46)24(30)15(3)39)8-16-6-7-38(12-16)29(31)32)25(43)33-14(2)26(44)36-21(11-23(41)42)20-9-17-4-5-18(40)10-19(17)35-20/h4-6,9-10,13-15,21-22,24,35,39-40H,7-8,11-12,30H2,1-3H3,(H3,31,32)(H,33,43)(H,34,45)(H,36,44)(H,37,46)(H,41,42). The number of aliphatic carboxylic acids is 1. The van der Waals surface area contributed by atoms with Crippen LogP contribution < -0.4 is 32.7 Å². The van der Waals surface area contributed by atoms with Crippen LogP contribution in [-0.2, 0) is 24.0 Å². The third-order valence-electron chi connectivity index (χ3n) is 7.46. The third-order valence-corrected chi connectivity index (χ3v) is 7.46. The van der Waals surface area contributed by atoms with Gasteiger partial charge < -0.3 is 57.9 Å². The number of phenolic OH excluding ortho intramolecular Hbond substituents is 1. The predicted molar refractivity (Wildman–Crippen MR) is 166 cm³/mol. The molecular weight excluding hydrogens is 602 g/mol. The molecule has 0 fully saturated rings. The Labute approximate surface area is 264 Å². The maximum Gasteiger partial charge on any atom is 0.305 e. The number of carbonyl (C=O) groups is 5. The molecule has 17 nitrogen and oxygen atoms in total. The van der Waals surface area contributed by atoms with Crippen molar-refractivity contribution in [1.29, 1.82) is 5.41 Å². The number of aromatic hydroxyl groups is 1. The largest absolute Gasteiger partial charge is 0.508 e. The van der Waals surface area contributed by atoms with Gasteiger partial charge in [0.1, 0.15) is 29.9 Å². The molecule has 1 aromatic heterocycles. The van der Waals surface area contributed by atoms with E-state index in [9.17, 15) is 39.3 Å². The third kappa shape index (κ3) is 9.42. The highest BCUT2D eigenvalue weighted by Crippen LogP contribution is 2.25. The van der Waals surface area contributed by atoms with Crippen LogP contribution in [0.25, 0.3) is 10.9 Å². The highest BCUT2D eigenvalue weighted by atomic mass is 16.4. The molecule has 6 atom stereocenters. The molecule has 0 saturated heterocycles.